The summed E-state index contributed by atoms with van der Waals surface area (Å²) in [5.41, 5.74) is 4.58. The lowest BCUT2D eigenvalue weighted by atomic mass is 10.1. The average Bonchev–Trinajstić information content (AvgIpc) is 2.04. The largest absolute Gasteiger partial charge is 0.478 e. The van der Waals surface area contributed by atoms with Crippen LogP contribution in [0.15, 0.2) is 24.8 Å². The van der Waals surface area contributed by atoms with Crippen LogP contribution in [0.1, 0.15) is 13.3 Å². The Balaban J connectivity index is 0. The molecule has 0 aliphatic heterocycles. The van der Waals surface area contributed by atoms with Crippen LogP contribution in [0.5, 0.6) is 0 Å². The van der Waals surface area contributed by atoms with Crippen LogP contribution in [0.2, 0.25) is 0 Å². The van der Waals surface area contributed by atoms with Crippen molar-refractivity contribution in [2.45, 2.75) is 19.4 Å². The fourth-order valence-corrected chi connectivity index (χ4v) is 0.444. The van der Waals surface area contributed by atoms with Crippen LogP contribution in [-0.4, -0.2) is 28.2 Å². The Morgan fingerprint density at radius 1 is 1.57 bits per heavy atom. The third-order valence-electron chi connectivity index (χ3n) is 1.05. The van der Waals surface area contributed by atoms with Crippen molar-refractivity contribution in [2.75, 3.05) is 0 Å². The smallest absolute Gasteiger partial charge is 0.331 e. The average molecular weight is 201 g/mol. The lowest BCUT2D eigenvalue weighted by Crippen LogP contribution is -2.07. The molecule has 0 rings (SSSR count). The number of hydrogen-bond acceptors (Lipinski definition) is 3. The van der Waals surface area contributed by atoms with E-state index < -0.39 is 18.0 Å². The molecule has 5 nitrogen and oxygen atoms in total. The second-order valence-electron chi connectivity index (χ2n) is 2.57. The Labute approximate surface area is 82.5 Å². The maximum absolute atomic E-state index is 10.0. The number of hydrogen-bond donors (Lipinski definition) is 3. The van der Waals surface area contributed by atoms with Gasteiger partial charge in [0.15, 0.2) is 0 Å². The summed E-state index contributed by atoms with van der Waals surface area (Å²) in [4.78, 5) is 19.5. The van der Waals surface area contributed by atoms with Crippen molar-refractivity contribution in [1.82, 2.24) is 0 Å². The van der Waals surface area contributed by atoms with E-state index >= 15 is 0 Å². The highest BCUT2D eigenvalue weighted by Crippen LogP contribution is 2.01. The molecule has 0 heterocycles. The number of aliphatic hydroxyl groups excluding tert-OH is 1. The number of carboxylic acid groups (broad SMARTS) is 1. The van der Waals surface area contributed by atoms with Crippen LogP contribution < -0.4 is 5.73 Å². The quantitative estimate of drug-likeness (QED) is 0.559. The van der Waals surface area contributed by atoms with Crippen molar-refractivity contribution in [2.24, 2.45) is 5.73 Å². The van der Waals surface area contributed by atoms with Gasteiger partial charge in [0.2, 0.25) is 5.91 Å². The van der Waals surface area contributed by atoms with E-state index in [1.807, 2.05) is 0 Å². The van der Waals surface area contributed by atoms with Crippen LogP contribution in [0.25, 0.3) is 0 Å². The third kappa shape index (κ3) is 13.0. The van der Waals surface area contributed by atoms with Gasteiger partial charge in [-0.25, -0.2) is 4.79 Å². The minimum absolute atomic E-state index is 0.0463. The Hall–Kier alpha value is -1.62. The second-order valence-corrected chi connectivity index (χ2v) is 2.57. The first-order valence-electron chi connectivity index (χ1n) is 3.82. The first-order chi connectivity index (χ1) is 6.31. The van der Waals surface area contributed by atoms with Crippen LogP contribution in [-0.2, 0) is 9.59 Å². The Kier molecular flexibility index (Phi) is 8.50. The zero-order chi connectivity index (χ0) is 11.7. The minimum Gasteiger partial charge on any atom is -0.478 e. The number of nitrogens with two attached hydrogens (primary N) is 1. The molecule has 1 amide bonds. The zero-order valence-corrected chi connectivity index (χ0v) is 8.06. The Morgan fingerprint density at radius 3 is 2.00 bits per heavy atom. The lowest BCUT2D eigenvalue weighted by molar-refractivity contribution is -0.133. The van der Waals surface area contributed by atoms with Gasteiger partial charge in [0.1, 0.15) is 0 Å². The third-order valence-corrected chi connectivity index (χ3v) is 1.05. The van der Waals surface area contributed by atoms with E-state index in [2.05, 4.69) is 18.9 Å². The summed E-state index contributed by atoms with van der Waals surface area (Å²) >= 11 is 0. The highest BCUT2D eigenvalue weighted by molar-refractivity contribution is 5.85. The number of carbonyl (C=O) groups is 2. The van der Waals surface area contributed by atoms with Crippen LogP contribution in [0.3, 0.4) is 0 Å². The number of amides is 1. The lowest BCUT2D eigenvalue weighted by Gasteiger charge is -2.01. The standard InChI is InChI=1S/C6H10O3.C3H5NO/c1-4(6(8)9)3-5(2)7;1-2-3(4)5/h5,7H,1,3H2,2H3,(H,8,9);2H,1H2,(H2,4,5). The van der Waals surface area contributed by atoms with Crippen LogP contribution in [0.4, 0.5) is 0 Å². The van der Waals surface area contributed by atoms with Gasteiger partial charge < -0.3 is 15.9 Å². The van der Waals surface area contributed by atoms with Gasteiger partial charge in [-0.15, -0.1) is 0 Å². The molecule has 0 saturated carbocycles. The van der Waals surface area contributed by atoms with Crippen molar-refractivity contribution in [3.8, 4) is 0 Å². The van der Waals surface area contributed by atoms with Gasteiger partial charge >= 0.3 is 5.97 Å². The van der Waals surface area contributed by atoms with Gasteiger partial charge in [-0.2, -0.15) is 0 Å². The summed E-state index contributed by atoms with van der Waals surface area (Å²) in [5.74, 6) is -1.53. The molecule has 0 aromatic carbocycles. The first-order valence-corrected chi connectivity index (χ1v) is 3.82. The van der Waals surface area contributed by atoms with E-state index in [0.717, 1.165) is 6.08 Å². The van der Waals surface area contributed by atoms with Gasteiger partial charge in [0, 0.05) is 12.0 Å². The maximum Gasteiger partial charge on any atom is 0.331 e. The molecular formula is C9H15NO4. The maximum atomic E-state index is 10.0. The second kappa shape index (κ2) is 8.00. The number of carbonyl (C=O) groups excluding carboxylic acids is 1. The Morgan fingerprint density at radius 2 is 1.93 bits per heavy atom. The molecule has 4 N–H and O–H groups in total. The van der Waals surface area contributed by atoms with Gasteiger partial charge in [-0.3, -0.25) is 4.79 Å². The van der Waals surface area contributed by atoms with Gasteiger partial charge in [0.25, 0.3) is 0 Å². The van der Waals surface area contributed by atoms with Crippen molar-refractivity contribution < 1.29 is 19.8 Å². The molecule has 0 aliphatic rings. The molecule has 14 heavy (non-hydrogen) atoms. The molecule has 0 fully saturated rings. The van der Waals surface area contributed by atoms with Crippen molar-refractivity contribution in [3.63, 3.8) is 0 Å². The summed E-state index contributed by atoms with van der Waals surface area (Å²) < 4.78 is 0. The summed E-state index contributed by atoms with van der Waals surface area (Å²) in [6.07, 6.45) is 0.573. The molecule has 5 heteroatoms. The summed E-state index contributed by atoms with van der Waals surface area (Å²) in [6.45, 7) is 7.84. The number of aliphatic hydroxyl groups is 1. The van der Waals surface area contributed by atoms with Crippen molar-refractivity contribution in [3.05, 3.63) is 24.8 Å². The highest BCUT2D eigenvalue weighted by atomic mass is 16.4. The molecule has 0 saturated heterocycles. The molecular weight excluding hydrogens is 186 g/mol. The molecule has 0 aromatic rings. The van der Waals surface area contributed by atoms with Crippen molar-refractivity contribution >= 4 is 11.9 Å². The van der Waals surface area contributed by atoms with Gasteiger partial charge in [0.05, 0.1) is 6.10 Å². The summed E-state index contributed by atoms with van der Waals surface area (Å²) in [7, 11) is 0. The molecule has 0 spiro atoms. The number of primary amides is 1. The zero-order valence-electron chi connectivity index (χ0n) is 8.06. The Bertz CT molecular complexity index is 233. The highest BCUT2D eigenvalue weighted by Gasteiger charge is 2.05. The molecule has 0 aliphatic carbocycles. The van der Waals surface area contributed by atoms with Crippen LogP contribution in [0, 0.1) is 0 Å². The number of aliphatic carboxylic acids is 1. The summed E-state index contributed by atoms with van der Waals surface area (Å²) in [6, 6.07) is 0. The first kappa shape index (κ1) is 14.9. The minimum atomic E-state index is -1.05. The summed E-state index contributed by atoms with van der Waals surface area (Å²) in [5, 5.41) is 16.9. The van der Waals surface area contributed by atoms with Gasteiger partial charge in [-0.1, -0.05) is 13.2 Å². The van der Waals surface area contributed by atoms with E-state index in [1.165, 1.54) is 6.92 Å². The molecule has 0 bridgehead atoms. The molecule has 0 aromatic heterocycles. The molecule has 0 radical (unpaired) electrons. The monoisotopic (exact) mass is 201 g/mol. The van der Waals surface area contributed by atoms with Crippen LogP contribution >= 0.6 is 0 Å². The predicted molar refractivity (Wildman–Crippen MR) is 52.5 cm³/mol. The molecule has 80 valence electrons. The van der Waals surface area contributed by atoms with Crippen molar-refractivity contribution in [1.29, 1.82) is 0 Å². The number of rotatable bonds is 4. The van der Waals surface area contributed by atoms with E-state index in [-0.39, 0.29) is 12.0 Å². The van der Waals surface area contributed by atoms with E-state index in [4.69, 9.17) is 10.2 Å². The number of carboxylic acids is 1. The van der Waals surface area contributed by atoms with E-state index in [0.29, 0.717) is 0 Å². The fraction of sp³-hybridized carbons (Fsp3) is 0.333. The predicted octanol–water partition coefficient (Wildman–Crippen LogP) is 0.0558. The fourth-order valence-electron chi connectivity index (χ4n) is 0.444. The van der Waals surface area contributed by atoms with Gasteiger partial charge in [-0.05, 0) is 13.0 Å². The van der Waals surface area contributed by atoms with E-state index in [9.17, 15) is 9.59 Å². The SMILES string of the molecule is C=C(CC(C)O)C(=O)O.C=CC(N)=O. The molecule has 1 atom stereocenters. The normalized spacial score (nSPS) is 10.4. The van der Waals surface area contributed by atoms with E-state index in [1.54, 1.807) is 0 Å². The molecule has 1 unspecified atom stereocenters. The topological polar surface area (TPSA) is 101 Å².